The number of thioether (sulfide) groups is 1. The van der Waals surface area contributed by atoms with Crippen molar-refractivity contribution < 1.29 is 4.79 Å². The average Bonchev–Trinajstić information content (AvgIpc) is 3.40. The molecule has 40 heavy (non-hydrogen) atoms. The van der Waals surface area contributed by atoms with E-state index >= 15 is 0 Å². The van der Waals surface area contributed by atoms with Crippen LogP contribution in [0.3, 0.4) is 0 Å². The summed E-state index contributed by atoms with van der Waals surface area (Å²) in [6, 6.07) is 36.3. The first-order chi connectivity index (χ1) is 19.6. The fourth-order valence-corrected chi connectivity index (χ4v) is 5.63. The second-order valence-electron chi connectivity index (χ2n) is 9.66. The maximum absolute atomic E-state index is 13.0. The van der Waals surface area contributed by atoms with Crippen LogP contribution in [0, 0.1) is 6.92 Å². The van der Waals surface area contributed by atoms with Gasteiger partial charge in [-0.15, -0.1) is 10.2 Å². The SMILES string of the molecule is Cc1ccc(-c2nnc(SCCCC(=O)N[C@@H](Cc3ccccc3)c3ccccc3)n2-c2cccc(Cl)c2)cc1. The van der Waals surface area contributed by atoms with Gasteiger partial charge in [0.1, 0.15) is 0 Å². The predicted octanol–water partition coefficient (Wildman–Crippen LogP) is 7.87. The smallest absolute Gasteiger partial charge is 0.220 e. The number of benzene rings is 4. The Morgan fingerprint density at radius 3 is 2.35 bits per heavy atom. The standard InChI is InChI=1S/C33H31ClN4OS/c1-24-17-19-27(20-18-24)32-36-37-33(38(32)29-15-8-14-28(34)23-29)40-21-9-16-31(39)35-30(26-12-6-3-7-13-26)22-25-10-4-2-5-11-25/h2-8,10-15,17-20,23,30H,9,16,21-22H2,1H3,(H,35,39)/t30-/m0/s1. The number of aromatic nitrogens is 3. The number of aryl methyl sites for hydroxylation is 1. The van der Waals surface area contributed by atoms with E-state index in [0.717, 1.165) is 40.0 Å². The number of hydrogen-bond acceptors (Lipinski definition) is 4. The Balaban J connectivity index is 1.25. The molecule has 0 aliphatic rings. The molecule has 4 aromatic carbocycles. The van der Waals surface area contributed by atoms with Crippen LogP contribution in [0.15, 0.2) is 114 Å². The van der Waals surface area contributed by atoms with Gasteiger partial charge in [-0.2, -0.15) is 0 Å². The summed E-state index contributed by atoms with van der Waals surface area (Å²) in [5, 5.41) is 13.7. The number of carbonyl (C=O) groups excluding carboxylic acids is 1. The molecule has 5 aromatic rings. The molecule has 0 saturated carbocycles. The van der Waals surface area contributed by atoms with Gasteiger partial charge in [0.05, 0.1) is 11.7 Å². The summed E-state index contributed by atoms with van der Waals surface area (Å²) in [5.74, 6) is 1.53. The van der Waals surface area contributed by atoms with Gasteiger partial charge in [0, 0.05) is 22.8 Å². The van der Waals surface area contributed by atoms with Gasteiger partial charge in [-0.1, -0.05) is 120 Å². The van der Waals surface area contributed by atoms with E-state index in [1.165, 1.54) is 11.1 Å². The van der Waals surface area contributed by atoms with Gasteiger partial charge in [0.2, 0.25) is 5.91 Å². The fourth-order valence-electron chi connectivity index (χ4n) is 4.55. The Morgan fingerprint density at radius 1 is 0.900 bits per heavy atom. The summed E-state index contributed by atoms with van der Waals surface area (Å²) in [7, 11) is 0. The second kappa shape index (κ2) is 13.5. The molecule has 0 aliphatic carbocycles. The molecule has 0 fully saturated rings. The lowest BCUT2D eigenvalue weighted by atomic mass is 9.98. The van der Waals surface area contributed by atoms with E-state index in [2.05, 4.69) is 71.0 Å². The van der Waals surface area contributed by atoms with Crippen molar-refractivity contribution in [2.24, 2.45) is 0 Å². The van der Waals surface area contributed by atoms with Gasteiger partial charge >= 0.3 is 0 Å². The molecular formula is C33H31ClN4OS. The molecule has 1 heterocycles. The summed E-state index contributed by atoms with van der Waals surface area (Å²) < 4.78 is 2.03. The van der Waals surface area contributed by atoms with Crippen LogP contribution in [0.25, 0.3) is 17.1 Å². The molecule has 1 atom stereocenters. The van der Waals surface area contributed by atoms with Crippen molar-refractivity contribution in [2.45, 2.75) is 37.4 Å². The van der Waals surface area contributed by atoms with E-state index in [-0.39, 0.29) is 11.9 Å². The zero-order valence-electron chi connectivity index (χ0n) is 22.3. The molecule has 7 heteroatoms. The zero-order valence-corrected chi connectivity index (χ0v) is 23.9. The predicted molar refractivity (Wildman–Crippen MR) is 164 cm³/mol. The first-order valence-electron chi connectivity index (χ1n) is 13.4. The number of nitrogens with one attached hydrogen (secondary N) is 1. The van der Waals surface area contributed by atoms with Crippen molar-refractivity contribution in [2.75, 3.05) is 5.75 Å². The largest absolute Gasteiger partial charge is 0.349 e. The van der Waals surface area contributed by atoms with Crippen LogP contribution < -0.4 is 5.32 Å². The van der Waals surface area contributed by atoms with E-state index in [1.54, 1.807) is 11.8 Å². The van der Waals surface area contributed by atoms with Crippen LogP contribution in [-0.4, -0.2) is 26.4 Å². The van der Waals surface area contributed by atoms with Crippen molar-refractivity contribution in [3.63, 3.8) is 0 Å². The number of carbonyl (C=O) groups is 1. The highest BCUT2D eigenvalue weighted by Crippen LogP contribution is 2.30. The van der Waals surface area contributed by atoms with Crippen LogP contribution >= 0.6 is 23.4 Å². The first-order valence-corrected chi connectivity index (χ1v) is 14.7. The highest BCUT2D eigenvalue weighted by Gasteiger charge is 2.18. The normalized spacial score (nSPS) is 11.8. The maximum atomic E-state index is 13.0. The highest BCUT2D eigenvalue weighted by atomic mass is 35.5. The minimum absolute atomic E-state index is 0.0436. The van der Waals surface area contributed by atoms with Crippen molar-refractivity contribution in [1.82, 2.24) is 20.1 Å². The van der Waals surface area contributed by atoms with Gasteiger partial charge in [0.15, 0.2) is 11.0 Å². The van der Waals surface area contributed by atoms with Gasteiger partial charge < -0.3 is 5.32 Å². The number of halogens is 1. The summed E-state index contributed by atoms with van der Waals surface area (Å²) in [4.78, 5) is 13.0. The van der Waals surface area contributed by atoms with E-state index < -0.39 is 0 Å². The summed E-state index contributed by atoms with van der Waals surface area (Å²) in [6.45, 7) is 2.06. The van der Waals surface area contributed by atoms with Gasteiger partial charge in [-0.05, 0) is 49.1 Å². The Hall–Kier alpha value is -3.87. The van der Waals surface area contributed by atoms with E-state index in [0.29, 0.717) is 17.9 Å². The Labute approximate surface area is 244 Å². The van der Waals surface area contributed by atoms with E-state index in [1.807, 2.05) is 65.2 Å². The Bertz CT molecular complexity index is 1540. The van der Waals surface area contributed by atoms with E-state index in [4.69, 9.17) is 11.6 Å². The number of hydrogen-bond donors (Lipinski definition) is 1. The highest BCUT2D eigenvalue weighted by molar-refractivity contribution is 7.99. The van der Waals surface area contributed by atoms with Crippen LogP contribution in [-0.2, 0) is 11.2 Å². The molecular weight excluding hydrogens is 536 g/mol. The fraction of sp³-hybridized carbons (Fsp3) is 0.182. The lowest BCUT2D eigenvalue weighted by molar-refractivity contribution is -0.121. The molecule has 5 rings (SSSR count). The van der Waals surface area contributed by atoms with Crippen LogP contribution in [0.5, 0.6) is 0 Å². The van der Waals surface area contributed by atoms with Gasteiger partial charge in [-0.3, -0.25) is 9.36 Å². The van der Waals surface area contributed by atoms with Gasteiger partial charge in [-0.25, -0.2) is 0 Å². The third-order valence-corrected chi connectivity index (χ3v) is 7.86. The van der Waals surface area contributed by atoms with Crippen LogP contribution in [0.2, 0.25) is 5.02 Å². The molecule has 0 unspecified atom stereocenters. The molecule has 202 valence electrons. The molecule has 1 N–H and O–H groups in total. The van der Waals surface area contributed by atoms with Crippen LogP contribution in [0.1, 0.15) is 35.6 Å². The average molecular weight is 567 g/mol. The minimum atomic E-state index is -0.0771. The summed E-state index contributed by atoms with van der Waals surface area (Å²) in [6.07, 6.45) is 1.89. The topological polar surface area (TPSA) is 59.8 Å². The molecule has 0 spiro atoms. The molecule has 0 radical (unpaired) electrons. The number of nitrogens with zero attached hydrogens (tertiary/aromatic N) is 3. The Morgan fingerprint density at radius 2 is 1.62 bits per heavy atom. The van der Waals surface area contributed by atoms with Crippen LogP contribution in [0.4, 0.5) is 0 Å². The number of rotatable bonds is 11. The lowest BCUT2D eigenvalue weighted by Gasteiger charge is -2.19. The monoisotopic (exact) mass is 566 g/mol. The lowest BCUT2D eigenvalue weighted by Crippen LogP contribution is -2.29. The second-order valence-corrected chi connectivity index (χ2v) is 11.2. The maximum Gasteiger partial charge on any atom is 0.220 e. The first kappa shape index (κ1) is 27.7. The molecule has 5 nitrogen and oxygen atoms in total. The van der Waals surface area contributed by atoms with E-state index in [9.17, 15) is 4.79 Å². The third-order valence-electron chi connectivity index (χ3n) is 6.61. The Kier molecular flexibility index (Phi) is 9.32. The van der Waals surface area contributed by atoms with Crippen molar-refractivity contribution in [3.8, 4) is 17.1 Å². The minimum Gasteiger partial charge on any atom is -0.349 e. The summed E-state index contributed by atoms with van der Waals surface area (Å²) in [5.41, 5.74) is 5.36. The van der Waals surface area contributed by atoms with Gasteiger partial charge in [0.25, 0.3) is 0 Å². The quantitative estimate of drug-likeness (QED) is 0.130. The molecule has 0 saturated heterocycles. The number of amides is 1. The van der Waals surface area contributed by atoms with Crippen molar-refractivity contribution >= 4 is 29.3 Å². The molecule has 0 aliphatic heterocycles. The zero-order chi connectivity index (χ0) is 27.7. The third kappa shape index (κ3) is 7.20. The molecule has 0 bridgehead atoms. The van der Waals surface area contributed by atoms with Crippen molar-refractivity contribution in [1.29, 1.82) is 0 Å². The van der Waals surface area contributed by atoms with Crippen molar-refractivity contribution in [3.05, 3.63) is 131 Å². The molecule has 1 aromatic heterocycles. The molecule has 1 amide bonds. The summed E-state index contributed by atoms with van der Waals surface area (Å²) >= 11 is 7.92.